The van der Waals surface area contributed by atoms with Crippen LogP contribution in [0, 0.1) is 26.7 Å². The molecule has 0 aliphatic carbocycles. The summed E-state index contributed by atoms with van der Waals surface area (Å²) in [6.07, 6.45) is 1.30. The largest absolute Gasteiger partial charge is 0.496 e. The van der Waals surface area contributed by atoms with E-state index < -0.39 is 0 Å². The Bertz CT molecular complexity index is 784. The van der Waals surface area contributed by atoms with E-state index in [-0.39, 0.29) is 12.1 Å². The number of rotatable bonds is 2. The summed E-state index contributed by atoms with van der Waals surface area (Å²) in [6, 6.07) is 11.3. The van der Waals surface area contributed by atoms with Crippen LogP contribution in [0.2, 0.25) is 0 Å². The zero-order valence-electron chi connectivity index (χ0n) is 14.8. The fraction of sp³-hybridized carbons (Fsp3) is 0.429. The lowest BCUT2D eigenvalue weighted by molar-refractivity contribution is 0.0828. The Morgan fingerprint density at radius 1 is 1.08 bits per heavy atom. The molecule has 4 rings (SSSR count). The second kappa shape index (κ2) is 5.82. The highest BCUT2D eigenvalue weighted by atomic mass is 16.5. The second-order valence-corrected chi connectivity index (χ2v) is 7.14. The molecule has 24 heavy (non-hydrogen) atoms. The summed E-state index contributed by atoms with van der Waals surface area (Å²) in [5.74, 6) is 1.42. The van der Waals surface area contributed by atoms with Gasteiger partial charge in [0.2, 0.25) is 0 Å². The molecule has 2 aromatic carbocycles. The molecule has 3 atom stereocenters. The van der Waals surface area contributed by atoms with Crippen molar-refractivity contribution in [2.45, 2.75) is 39.3 Å². The topological polar surface area (TPSA) is 30.5 Å². The molecule has 3 heteroatoms. The minimum atomic E-state index is 0.201. The fourth-order valence-corrected chi connectivity index (χ4v) is 4.38. The van der Waals surface area contributed by atoms with Crippen molar-refractivity contribution in [1.82, 2.24) is 0 Å². The third-order valence-corrected chi connectivity index (χ3v) is 5.46. The smallest absolute Gasteiger partial charge is 0.121 e. The quantitative estimate of drug-likeness (QED) is 0.855. The summed E-state index contributed by atoms with van der Waals surface area (Å²) in [5.41, 5.74) is 7.69. The highest BCUT2D eigenvalue weighted by Crippen LogP contribution is 2.51. The molecule has 0 bridgehead atoms. The molecule has 2 aromatic rings. The van der Waals surface area contributed by atoms with Gasteiger partial charge in [-0.15, -0.1) is 0 Å². The van der Waals surface area contributed by atoms with Crippen molar-refractivity contribution in [3.05, 3.63) is 58.1 Å². The van der Waals surface area contributed by atoms with E-state index >= 15 is 0 Å². The second-order valence-electron chi connectivity index (χ2n) is 7.14. The zero-order valence-corrected chi connectivity index (χ0v) is 14.8. The first-order valence-electron chi connectivity index (χ1n) is 8.72. The van der Waals surface area contributed by atoms with E-state index in [9.17, 15) is 0 Å². The molecular weight excluding hydrogens is 298 g/mol. The predicted molar refractivity (Wildman–Crippen MR) is 96.8 cm³/mol. The van der Waals surface area contributed by atoms with E-state index in [0.717, 1.165) is 18.8 Å². The molecule has 126 valence electrons. The van der Waals surface area contributed by atoms with E-state index in [0.29, 0.717) is 5.92 Å². The van der Waals surface area contributed by atoms with E-state index in [2.05, 4.69) is 56.4 Å². The molecule has 0 amide bonds. The maximum atomic E-state index is 6.16. The molecule has 2 aliphatic heterocycles. The van der Waals surface area contributed by atoms with Gasteiger partial charge in [0.15, 0.2) is 0 Å². The van der Waals surface area contributed by atoms with Crippen molar-refractivity contribution < 1.29 is 9.47 Å². The Balaban J connectivity index is 1.79. The van der Waals surface area contributed by atoms with E-state index in [4.69, 9.17) is 9.47 Å². The van der Waals surface area contributed by atoms with Gasteiger partial charge >= 0.3 is 0 Å². The van der Waals surface area contributed by atoms with Crippen LogP contribution >= 0.6 is 0 Å². The first-order valence-corrected chi connectivity index (χ1v) is 8.72. The monoisotopic (exact) mass is 323 g/mol. The third-order valence-electron chi connectivity index (χ3n) is 5.46. The Hall–Kier alpha value is -2.00. The maximum absolute atomic E-state index is 6.16. The van der Waals surface area contributed by atoms with Gasteiger partial charge in [-0.25, -0.2) is 0 Å². The van der Waals surface area contributed by atoms with E-state index in [1.54, 1.807) is 7.11 Å². The molecule has 1 fully saturated rings. The number of fused-ring (bicyclic) bond motifs is 3. The molecule has 0 saturated carbocycles. The molecule has 2 aliphatic rings. The highest BCUT2D eigenvalue weighted by Gasteiger charge is 2.42. The van der Waals surface area contributed by atoms with Crippen molar-refractivity contribution in [2.75, 3.05) is 19.0 Å². The Morgan fingerprint density at radius 2 is 1.92 bits per heavy atom. The number of ether oxygens (including phenoxy) is 2. The van der Waals surface area contributed by atoms with Crippen LogP contribution in [0.15, 0.2) is 30.3 Å². The van der Waals surface area contributed by atoms with Gasteiger partial charge in [-0.2, -0.15) is 0 Å². The lowest BCUT2D eigenvalue weighted by atomic mass is 9.79. The van der Waals surface area contributed by atoms with Gasteiger partial charge in [-0.05, 0) is 49.9 Å². The highest BCUT2D eigenvalue weighted by molar-refractivity contribution is 5.63. The first-order chi connectivity index (χ1) is 11.6. The fourth-order valence-electron chi connectivity index (χ4n) is 4.38. The molecule has 0 radical (unpaired) electrons. The summed E-state index contributed by atoms with van der Waals surface area (Å²) < 4.78 is 11.6. The lowest BCUT2D eigenvalue weighted by Crippen LogP contribution is -2.30. The third kappa shape index (κ3) is 2.39. The van der Waals surface area contributed by atoms with Gasteiger partial charge in [-0.3, -0.25) is 0 Å². The summed E-state index contributed by atoms with van der Waals surface area (Å²) in [7, 11) is 1.73. The van der Waals surface area contributed by atoms with Crippen LogP contribution in [-0.2, 0) is 4.74 Å². The zero-order chi connectivity index (χ0) is 16.8. The number of anilines is 1. The number of nitrogens with one attached hydrogen (secondary N) is 1. The van der Waals surface area contributed by atoms with Gasteiger partial charge in [0.25, 0.3) is 0 Å². The van der Waals surface area contributed by atoms with Gasteiger partial charge in [0, 0.05) is 23.8 Å². The number of aryl methyl sites for hydroxylation is 3. The first kappa shape index (κ1) is 15.5. The minimum Gasteiger partial charge on any atom is -0.496 e. The Labute approximate surface area is 144 Å². The molecule has 1 saturated heterocycles. The normalized spacial score (nSPS) is 24.9. The van der Waals surface area contributed by atoms with Crippen LogP contribution < -0.4 is 10.1 Å². The average Bonchev–Trinajstić information content (AvgIpc) is 3.04. The molecule has 2 heterocycles. The van der Waals surface area contributed by atoms with Crippen LogP contribution in [-0.4, -0.2) is 13.7 Å². The SMILES string of the molecule is COc1ccc([C@@H]2Nc3c(C)cc(C)cc3[C@H]3OCC[C@H]32)cc1C. The van der Waals surface area contributed by atoms with Crippen LogP contribution in [0.4, 0.5) is 5.69 Å². The molecule has 1 N–H and O–H groups in total. The molecule has 3 nitrogen and oxygen atoms in total. The van der Waals surface area contributed by atoms with Crippen molar-refractivity contribution in [1.29, 1.82) is 0 Å². The minimum absolute atomic E-state index is 0.201. The summed E-state index contributed by atoms with van der Waals surface area (Å²) in [6.45, 7) is 7.30. The maximum Gasteiger partial charge on any atom is 0.121 e. The van der Waals surface area contributed by atoms with Crippen LogP contribution in [0.25, 0.3) is 0 Å². The van der Waals surface area contributed by atoms with Crippen molar-refractivity contribution in [3.63, 3.8) is 0 Å². The van der Waals surface area contributed by atoms with E-state index in [1.165, 1.54) is 33.5 Å². The summed E-state index contributed by atoms with van der Waals surface area (Å²) in [5, 5.41) is 3.82. The molecular formula is C21H25NO2. The lowest BCUT2D eigenvalue weighted by Gasteiger charge is -2.37. The average molecular weight is 323 g/mol. The summed E-state index contributed by atoms with van der Waals surface area (Å²) in [4.78, 5) is 0. The van der Waals surface area contributed by atoms with Crippen LogP contribution in [0.3, 0.4) is 0 Å². The van der Waals surface area contributed by atoms with Crippen LogP contribution in [0.5, 0.6) is 5.75 Å². The Kier molecular flexibility index (Phi) is 3.76. The van der Waals surface area contributed by atoms with E-state index in [1.807, 2.05) is 0 Å². The molecule has 0 aromatic heterocycles. The molecule has 0 spiro atoms. The number of hydrogen-bond acceptors (Lipinski definition) is 3. The van der Waals surface area contributed by atoms with Crippen LogP contribution in [0.1, 0.15) is 46.4 Å². The Morgan fingerprint density at radius 3 is 2.67 bits per heavy atom. The van der Waals surface area contributed by atoms with Gasteiger partial charge in [-0.1, -0.05) is 29.8 Å². The number of hydrogen-bond donors (Lipinski definition) is 1. The molecule has 0 unspecified atom stereocenters. The predicted octanol–water partition coefficient (Wildman–Crippen LogP) is 4.86. The van der Waals surface area contributed by atoms with Crippen molar-refractivity contribution in [3.8, 4) is 5.75 Å². The van der Waals surface area contributed by atoms with Crippen molar-refractivity contribution >= 4 is 5.69 Å². The van der Waals surface area contributed by atoms with Crippen molar-refractivity contribution in [2.24, 2.45) is 5.92 Å². The summed E-state index contributed by atoms with van der Waals surface area (Å²) >= 11 is 0. The van der Waals surface area contributed by atoms with Gasteiger partial charge in [0.1, 0.15) is 5.75 Å². The standard InChI is InChI=1S/C21H25NO2/c1-12-9-14(3)19-17(10-12)21-16(7-8-24-21)20(22-19)15-5-6-18(23-4)13(2)11-15/h5-6,9-11,16,20-22H,7-8H2,1-4H3/t16-,20-,21-/m0/s1. The number of benzene rings is 2. The van der Waals surface area contributed by atoms with Gasteiger partial charge in [0.05, 0.1) is 19.3 Å². The van der Waals surface area contributed by atoms with Gasteiger partial charge < -0.3 is 14.8 Å². The number of methoxy groups -OCH3 is 1.